The number of hydrogen-bond acceptors (Lipinski definition) is 5. The van der Waals surface area contributed by atoms with Crippen LogP contribution in [0.4, 0.5) is 5.69 Å². The standard InChI is InChI=1S/C26H29N5O2/c32-24(13-14-30-15-17-31(18-16-30)19-7-2-1-3-8-19)28-29-26(33)25-20-9-4-5-11-22(20)27-23-12-6-10-21(23)25/h1-5,7-9,11H,6,10,12-18H2,(H,28,32)(H,29,33). The van der Waals surface area contributed by atoms with E-state index in [9.17, 15) is 9.59 Å². The molecular formula is C26H29N5O2. The number of anilines is 1. The Hall–Kier alpha value is -3.45. The lowest BCUT2D eigenvalue weighted by Crippen LogP contribution is -2.48. The van der Waals surface area contributed by atoms with Crippen molar-refractivity contribution in [3.63, 3.8) is 0 Å². The minimum absolute atomic E-state index is 0.177. The first-order valence-electron chi connectivity index (χ1n) is 11.7. The summed E-state index contributed by atoms with van der Waals surface area (Å²) in [5.41, 5.74) is 9.98. The zero-order chi connectivity index (χ0) is 22.6. The summed E-state index contributed by atoms with van der Waals surface area (Å²) in [6.07, 6.45) is 3.09. The van der Waals surface area contributed by atoms with E-state index in [4.69, 9.17) is 4.98 Å². The van der Waals surface area contributed by atoms with Crippen molar-refractivity contribution in [2.24, 2.45) is 0 Å². The van der Waals surface area contributed by atoms with Crippen LogP contribution in [-0.4, -0.2) is 54.4 Å². The second-order valence-corrected chi connectivity index (χ2v) is 8.70. The van der Waals surface area contributed by atoms with Gasteiger partial charge in [0.2, 0.25) is 5.91 Å². The van der Waals surface area contributed by atoms with Gasteiger partial charge in [-0.3, -0.25) is 30.3 Å². The summed E-state index contributed by atoms with van der Waals surface area (Å²) in [5.74, 6) is -0.444. The average Bonchev–Trinajstić information content (AvgIpc) is 3.33. The Bertz CT molecular complexity index is 1160. The smallest absolute Gasteiger partial charge is 0.270 e. The Morgan fingerprint density at radius 2 is 1.64 bits per heavy atom. The number of para-hydroxylation sites is 2. The number of rotatable bonds is 5. The van der Waals surface area contributed by atoms with E-state index < -0.39 is 0 Å². The number of hydrogen-bond donors (Lipinski definition) is 2. The molecule has 2 N–H and O–H groups in total. The van der Waals surface area contributed by atoms with Crippen LogP contribution in [-0.2, 0) is 17.6 Å². The van der Waals surface area contributed by atoms with Crippen molar-refractivity contribution in [2.75, 3.05) is 37.6 Å². The van der Waals surface area contributed by atoms with Gasteiger partial charge in [0, 0.05) is 55.9 Å². The Kier molecular flexibility index (Phi) is 6.21. The molecule has 0 saturated carbocycles. The Morgan fingerprint density at radius 3 is 2.45 bits per heavy atom. The minimum atomic E-state index is -0.267. The first kappa shape index (κ1) is 21.4. The SMILES string of the molecule is O=C(CCN1CCN(c2ccccc2)CC1)NNC(=O)c1c2c(nc3ccccc13)CCC2. The number of aryl methyl sites for hydroxylation is 1. The molecule has 3 aromatic rings. The van der Waals surface area contributed by atoms with Crippen molar-refractivity contribution in [3.8, 4) is 0 Å². The third kappa shape index (κ3) is 4.68. The predicted molar refractivity (Wildman–Crippen MR) is 129 cm³/mol. The van der Waals surface area contributed by atoms with Crippen LogP contribution in [0.2, 0.25) is 0 Å². The molecule has 0 radical (unpaired) electrons. The van der Waals surface area contributed by atoms with E-state index in [1.54, 1.807) is 0 Å². The zero-order valence-electron chi connectivity index (χ0n) is 18.7. The molecule has 1 aliphatic carbocycles. The maximum Gasteiger partial charge on any atom is 0.270 e. The molecule has 1 fully saturated rings. The molecule has 7 nitrogen and oxygen atoms in total. The van der Waals surface area contributed by atoms with Crippen molar-refractivity contribution in [3.05, 3.63) is 71.4 Å². The third-order valence-electron chi connectivity index (χ3n) is 6.61. The maximum absolute atomic E-state index is 13.0. The lowest BCUT2D eigenvalue weighted by Gasteiger charge is -2.36. The number of carbonyl (C=O) groups excluding carboxylic acids is 2. The highest BCUT2D eigenvalue weighted by Crippen LogP contribution is 2.29. The van der Waals surface area contributed by atoms with E-state index in [0.29, 0.717) is 18.5 Å². The maximum atomic E-state index is 13.0. The number of hydrazine groups is 1. The fourth-order valence-corrected chi connectivity index (χ4v) is 4.85. The van der Waals surface area contributed by atoms with Crippen molar-refractivity contribution in [1.82, 2.24) is 20.7 Å². The van der Waals surface area contributed by atoms with Crippen LogP contribution in [0.3, 0.4) is 0 Å². The molecule has 0 unspecified atom stereocenters. The fraction of sp³-hybridized carbons (Fsp3) is 0.346. The van der Waals surface area contributed by atoms with Crippen molar-refractivity contribution in [2.45, 2.75) is 25.7 Å². The topological polar surface area (TPSA) is 77.6 Å². The van der Waals surface area contributed by atoms with E-state index in [0.717, 1.165) is 67.6 Å². The molecule has 1 aromatic heterocycles. The van der Waals surface area contributed by atoms with E-state index in [1.165, 1.54) is 5.69 Å². The van der Waals surface area contributed by atoms with Gasteiger partial charge in [-0.15, -0.1) is 0 Å². The van der Waals surface area contributed by atoms with Crippen LogP contribution in [0.1, 0.15) is 34.5 Å². The molecule has 2 amide bonds. The first-order chi connectivity index (χ1) is 16.2. The number of nitrogens with one attached hydrogen (secondary N) is 2. The molecule has 0 atom stereocenters. The molecule has 2 heterocycles. The number of fused-ring (bicyclic) bond motifs is 2. The molecule has 2 aliphatic rings. The fourth-order valence-electron chi connectivity index (χ4n) is 4.85. The van der Waals surface area contributed by atoms with E-state index in [2.05, 4.69) is 44.9 Å². The molecule has 170 valence electrons. The highest BCUT2D eigenvalue weighted by Gasteiger charge is 2.24. The summed E-state index contributed by atoms with van der Waals surface area (Å²) >= 11 is 0. The van der Waals surface area contributed by atoms with E-state index >= 15 is 0 Å². The lowest BCUT2D eigenvalue weighted by molar-refractivity contribution is -0.122. The van der Waals surface area contributed by atoms with Crippen LogP contribution in [0.5, 0.6) is 0 Å². The van der Waals surface area contributed by atoms with Gasteiger partial charge in [0.1, 0.15) is 0 Å². The summed E-state index contributed by atoms with van der Waals surface area (Å²) in [7, 11) is 0. The number of carbonyl (C=O) groups is 2. The summed E-state index contributed by atoms with van der Waals surface area (Å²) in [6, 6.07) is 18.1. The molecule has 1 saturated heterocycles. The molecular weight excluding hydrogens is 414 g/mol. The normalized spacial score (nSPS) is 15.9. The summed E-state index contributed by atoms with van der Waals surface area (Å²) in [5, 5.41) is 0.834. The highest BCUT2D eigenvalue weighted by atomic mass is 16.2. The molecule has 0 spiro atoms. The van der Waals surface area contributed by atoms with Gasteiger partial charge in [-0.05, 0) is 43.0 Å². The molecule has 2 aromatic carbocycles. The quantitative estimate of drug-likeness (QED) is 0.593. The van der Waals surface area contributed by atoms with Gasteiger partial charge in [-0.25, -0.2) is 0 Å². The van der Waals surface area contributed by atoms with Gasteiger partial charge in [-0.2, -0.15) is 0 Å². The van der Waals surface area contributed by atoms with Crippen LogP contribution in [0.25, 0.3) is 10.9 Å². The Labute approximate surface area is 193 Å². The van der Waals surface area contributed by atoms with Crippen LogP contribution in [0, 0.1) is 0 Å². The third-order valence-corrected chi connectivity index (χ3v) is 6.61. The first-order valence-corrected chi connectivity index (χ1v) is 11.7. The average molecular weight is 444 g/mol. The molecule has 33 heavy (non-hydrogen) atoms. The number of benzene rings is 2. The zero-order valence-corrected chi connectivity index (χ0v) is 18.7. The lowest BCUT2D eigenvalue weighted by atomic mass is 10.0. The number of amides is 2. The van der Waals surface area contributed by atoms with Gasteiger partial charge in [0.15, 0.2) is 0 Å². The summed E-state index contributed by atoms with van der Waals surface area (Å²) in [6.45, 7) is 4.41. The summed E-state index contributed by atoms with van der Waals surface area (Å²) in [4.78, 5) is 34.8. The summed E-state index contributed by atoms with van der Waals surface area (Å²) < 4.78 is 0. The monoisotopic (exact) mass is 443 g/mol. The predicted octanol–water partition coefficient (Wildman–Crippen LogP) is 2.70. The van der Waals surface area contributed by atoms with Gasteiger partial charge in [0.25, 0.3) is 5.91 Å². The number of aromatic nitrogens is 1. The van der Waals surface area contributed by atoms with Gasteiger partial charge in [-0.1, -0.05) is 36.4 Å². The van der Waals surface area contributed by atoms with Gasteiger partial charge in [0.05, 0.1) is 11.1 Å². The number of piperazine rings is 1. The van der Waals surface area contributed by atoms with Crippen molar-refractivity contribution < 1.29 is 9.59 Å². The van der Waals surface area contributed by atoms with E-state index in [-0.39, 0.29) is 11.8 Å². The van der Waals surface area contributed by atoms with Crippen molar-refractivity contribution in [1.29, 1.82) is 0 Å². The number of pyridine rings is 1. The largest absolute Gasteiger partial charge is 0.369 e. The van der Waals surface area contributed by atoms with Crippen molar-refractivity contribution >= 4 is 28.4 Å². The second-order valence-electron chi connectivity index (χ2n) is 8.70. The van der Waals surface area contributed by atoms with Crippen LogP contribution >= 0.6 is 0 Å². The highest BCUT2D eigenvalue weighted by molar-refractivity contribution is 6.08. The van der Waals surface area contributed by atoms with Crippen LogP contribution in [0.15, 0.2) is 54.6 Å². The van der Waals surface area contributed by atoms with Crippen LogP contribution < -0.4 is 15.8 Å². The minimum Gasteiger partial charge on any atom is -0.369 e. The van der Waals surface area contributed by atoms with Gasteiger partial charge >= 0.3 is 0 Å². The molecule has 5 rings (SSSR count). The molecule has 7 heteroatoms. The van der Waals surface area contributed by atoms with E-state index in [1.807, 2.05) is 30.3 Å². The molecule has 1 aliphatic heterocycles. The Balaban J connectivity index is 1.13. The number of nitrogens with zero attached hydrogens (tertiary/aromatic N) is 3. The molecule has 0 bridgehead atoms. The second kappa shape index (κ2) is 9.58. The van der Waals surface area contributed by atoms with Gasteiger partial charge < -0.3 is 4.90 Å². The Morgan fingerprint density at radius 1 is 0.879 bits per heavy atom.